The predicted molar refractivity (Wildman–Crippen MR) is 83.0 cm³/mol. The summed E-state index contributed by atoms with van der Waals surface area (Å²) >= 11 is 0. The average Bonchev–Trinajstić information content (AvgIpc) is 2.92. The van der Waals surface area contributed by atoms with Crippen LogP contribution in [0, 0.1) is 0 Å². The van der Waals surface area contributed by atoms with Gasteiger partial charge in [-0.1, -0.05) is 24.3 Å². The second-order valence-electron chi connectivity index (χ2n) is 5.00. The molecule has 2 N–H and O–H groups in total. The Morgan fingerprint density at radius 2 is 2.10 bits per heavy atom. The van der Waals surface area contributed by atoms with E-state index in [4.69, 9.17) is 0 Å². The summed E-state index contributed by atoms with van der Waals surface area (Å²) in [4.78, 5) is 19.1. The Labute approximate surface area is 123 Å². The van der Waals surface area contributed by atoms with E-state index in [0.717, 1.165) is 17.5 Å². The molecule has 0 saturated carbocycles. The molecule has 0 radical (unpaired) electrons. The Kier molecular flexibility index (Phi) is 3.96. The number of pyridine rings is 1. The Hall–Kier alpha value is -2.62. The summed E-state index contributed by atoms with van der Waals surface area (Å²) in [5.74, 6) is 0.0304. The summed E-state index contributed by atoms with van der Waals surface area (Å²) in [6, 6.07) is 11.9. The van der Waals surface area contributed by atoms with Gasteiger partial charge in [0.05, 0.1) is 6.42 Å². The van der Waals surface area contributed by atoms with E-state index in [2.05, 4.69) is 27.4 Å². The molecule has 0 bridgehead atoms. The quantitative estimate of drug-likeness (QED) is 0.753. The Balaban J connectivity index is 1.53. The number of nitrogens with zero attached hydrogens (tertiary/aromatic N) is 1. The Morgan fingerprint density at radius 3 is 2.95 bits per heavy atom. The highest BCUT2D eigenvalue weighted by molar-refractivity contribution is 5.83. The highest BCUT2D eigenvalue weighted by atomic mass is 16.1. The minimum absolute atomic E-state index is 0.0304. The summed E-state index contributed by atoms with van der Waals surface area (Å²) in [7, 11) is 0. The molecule has 0 unspecified atom stereocenters. The third-order valence-electron chi connectivity index (χ3n) is 3.48. The molecule has 2 heterocycles. The zero-order valence-corrected chi connectivity index (χ0v) is 11.7. The first-order valence-corrected chi connectivity index (χ1v) is 7.03. The average molecular weight is 279 g/mol. The monoisotopic (exact) mass is 279 g/mol. The molecule has 0 saturated heterocycles. The number of fused-ring (bicyclic) bond motifs is 1. The van der Waals surface area contributed by atoms with Gasteiger partial charge in [-0.05, 0) is 29.7 Å². The molecule has 4 nitrogen and oxygen atoms in total. The molecule has 0 fully saturated rings. The molecule has 1 amide bonds. The summed E-state index contributed by atoms with van der Waals surface area (Å²) in [5.41, 5.74) is 3.29. The van der Waals surface area contributed by atoms with Gasteiger partial charge in [0.2, 0.25) is 5.91 Å². The normalized spacial score (nSPS) is 10.7. The summed E-state index contributed by atoms with van der Waals surface area (Å²) < 4.78 is 0. The molecule has 3 aromatic rings. The highest BCUT2D eigenvalue weighted by Crippen LogP contribution is 2.17. The van der Waals surface area contributed by atoms with Crippen LogP contribution < -0.4 is 5.32 Å². The zero-order valence-electron chi connectivity index (χ0n) is 11.7. The lowest BCUT2D eigenvalue weighted by Gasteiger charge is -2.04. The summed E-state index contributed by atoms with van der Waals surface area (Å²) in [6.45, 7) is 0.640. The van der Waals surface area contributed by atoms with Crippen LogP contribution in [0.1, 0.15) is 11.1 Å². The molecule has 0 atom stereocenters. The molecule has 0 spiro atoms. The number of H-pyrrole nitrogens is 1. The third-order valence-corrected chi connectivity index (χ3v) is 3.48. The number of amides is 1. The van der Waals surface area contributed by atoms with Crippen molar-refractivity contribution in [1.82, 2.24) is 15.3 Å². The van der Waals surface area contributed by atoms with Crippen LogP contribution in [0.25, 0.3) is 10.9 Å². The van der Waals surface area contributed by atoms with E-state index in [-0.39, 0.29) is 5.91 Å². The second kappa shape index (κ2) is 6.22. The molecular formula is C17H17N3O. The Morgan fingerprint density at radius 1 is 1.19 bits per heavy atom. The lowest BCUT2D eigenvalue weighted by molar-refractivity contribution is -0.120. The van der Waals surface area contributed by atoms with Gasteiger partial charge in [0.1, 0.15) is 0 Å². The van der Waals surface area contributed by atoms with Crippen LogP contribution in [0.3, 0.4) is 0 Å². The lowest BCUT2D eigenvalue weighted by atomic mass is 10.1. The highest BCUT2D eigenvalue weighted by Gasteiger charge is 2.05. The molecular weight excluding hydrogens is 262 g/mol. The molecule has 21 heavy (non-hydrogen) atoms. The number of benzene rings is 1. The van der Waals surface area contributed by atoms with E-state index in [1.807, 2.05) is 30.5 Å². The number of aromatic nitrogens is 2. The fourth-order valence-electron chi connectivity index (χ4n) is 2.43. The molecule has 4 heteroatoms. The molecule has 0 aliphatic rings. The lowest BCUT2D eigenvalue weighted by Crippen LogP contribution is -2.27. The van der Waals surface area contributed by atoms with Gasteiger partial charge in [-0.2, -0.15) is 0 Å². The van der Waals surface area contributed by atoms with Gasteiger partial charge in [0.15, 0.2) is 0 Å². The SMILES string of the molecule is O=C(Cc1cccnc1)NCCc1c[nH]c2ccccc12. The minimum Gasteiger partial charge on any atom is -0.361 e. The molecule has 3 rings (SSSR count). The van der Waals surface area contributed by atoms with E-state index in [0.29, 0.717) is 13.0 Å². The standard InChI is InChI=1S/C17H17N3O/c21-17(10-13-4-3-8-18-11-13)19-9-7-14-12-20-16-6-2-1-5-15(14)16/h1-6,8,11-12,20H,7,9-10H2,(H,19,21). The van der Waals surface area contributed by atoms with Crippen molar-refractivity contribution in [3.8, 4) is 0 Å². The van der Waals surface area contributed by atoms with Crippen LogP contribution in [-0.4, -0.2) is 22.4 Å². The van der Waals surface area contributed by atoms with Crippen LogP contribution in [0.2, 0.25) is 0 Å². The largest absolute Gasteiger partial charge is 0.361 e. The van der Waals surface area contributed by atoms with E-state index in [9.17, 15) is 4.79 Å². The first-order chi connectivity index (χ1) is 10.3. The number of hydrogen-bond donors (Lipinski definition) is 2. The third kappa shape index (κ3) is 3.28. The maximum atomic E-state index is 11.9. The van der Waals surface area contributed by atoms with Crippen molar-refractivity contribution in [3.05, 3.63) is 66.1 Å². The maximum Gasteiger partial charge on any atom is 0.224 e. The number of nitrogens with one attached hydrogen (secondary N) is 2. The number of carbonyl (C=O) groups is 1. The van der Waals surface area contributed by atoms with Crippen LogP contribution in [0.4, 0.5) is 0 Å². The van der Waals surface area contributed by atoms with Crippen LogP contribution in [0.15, 0.2) is 55.0 Å². The number of carbonyl (C=O) groups excluding carboxylic acids is 1. The smallest absolute Gasteiger partial charge is 0.224 e. The van der Waals surface area contributed by atoms with Crippen molar-refractivity contribution in [3.63, 3.8) is 0 Å². The topological polar surface area (TPSA) is 57.8 Å². The van der Waals surface area contributed by atoms with Crippen molar-refractivity contribution in [1.29, 1.82) is 0 Å². The number of para-hydroxylation sites is 1. The molecule has 0 aliphatic carbocycles. The predicted octanol–water partition coefficient (Wildman–Crippen LogP) is 2.46. The maximum absolute atomic E-state index is 11.9. The van der Waals surface area contributed by atoms with Crippen molar-refractivity contribution in [2.75, 3.05) is 6.54 Å². The van der Waals surface area contributed by atoms with E-state index >= 15 is 0 Å². The number of rotatable bonds is 5. The van der Waals surface area contributed by atoms with E-state index in [1.54, 1.807) is 12.4 Å². The van der Waals surface area contributed by atoms with E-state index < -0.39 is 0 Å². The number of aromatic amines is 1. The first kappa shape index (κ1) is 13.4. The van der Waals surface area contributed by atoms with Crippen molar-refractivity contribution >= 4 is 16.8 Å². The van der Waals surface area contributed by atoms with Gasteiger partial charge in [-0.25, -0.2) is 0 Å². The van der Waals surface area contributed by atoms with Crippen molar-refractivity contribution in [2.45, 2.75) is 12.8 Å². The first-order valence-electron chi connectivity index (χ1n) is 7.03. The summed E-state index contributed by atoms with van der Waals surface area (Å²) in [6.07, 6.45) is 6.64. The van der Waals surface area contributed by atoms with Crippen LogP contribution >= 0.6 is 0 Å². The fourth-order valence-corrected chi connectivity index (χ4v) is 2.43. The molecule has 2 aromatic heterocycles. The van der Waals surface area contributed by atoms with Crippen LogP contribution in [0.5, 0.6) is 0 Å². The van der Waals surface area contributed by atoms with Crippen molar-refractivity contribution in [2.24, 2.45) is 0 Å². The van der Waals surface area contributed by atoms with Gasteiger partial charge < -0.3 is 10.3 Å². The Bertz CT molecular complexity index is 734. The van der Waals surface area contributed by atoms with Gasteiger partial charge in [-0.3, -0.25) is 9.78 Å². The van der Waals surface area contributed by atoms with Gasteiger partial charge in [-0.15, -0.1) is 0 Å². The van der Waals surface area contributed by atoms with Gasteiger partial charge in [0, 0.05) is 36.0 Å². The van der Waals surface area contributed by atoms with Crippen molar-refractivity contribution < 1.29 is 4.79 Å². The van der Waals surface area contributed by atoms with Crippen LogP contribution in [-0.2, 0) is 17.6 Å². The fraction of sp³-hybridized carbons (Fsp3) is 0.176. The van der Waals surface area contributed by atoms with E-state index in [1.165, 1.54) is 10.9 Å². The molecule has 1 aromatic carbocycles. The minimum atomic E-state index is 0.0304. The summed E-state index contributed by atoms with van der Waals surface area (Å²) in [5, 5.41) is 4.17. The van der Waals surface area contributed by atoms with Gasteiger partial charge >= 0.3 is 0 Å². The molecule has 106 valence electrons. The van der Waals surface area contributed by atoms with Gasteiger partial charge in [0.25, 0.3) is 0 Å². The zero-order chi connectivity index (χ0) is 14.5. The molecule has 0 aliphatic heterocycles. The number of hydrogen-bond acceptors (Lipinski definition) is 2. The second-order valence-corrected chi connectivity index (χ2v) is 5.00.